The molecule has 2 amide bonds. The van der Waals surface area contributed by atoms with E-state index in [1.165, 1.54) is 5.01 Å². The number of hydrazone groups is 1. The van der Waals surface area contributed by atoms with Crippen LogP contribution in [0.1, 0.15) is 12.0 Å². The number of carbonyl (C=O) groups is 2. The van der Waals surface area contributed by atoms with Crippen LogP contribution in [0.5, 0.6) is 5.75 Å². The van der Waals surface area contributed by atoms with Crippen molar-refractivity contribution in [2.45, 2.75) is 18.9 Å². The van der Waals surface area contributed by atoms with Crippen molar-refractivity contribution in [2.24, 2.45) is 16.3 Å². The molecule has 2 aliphatic rings. The highest BCUT2D eigenvalue weighted by Crippen LogP contribution is 2.38. The monoisotopic (exact) mass is 442 g/mol. The summed E-state index contributed by atoms with van der Waals surface area (Å²) in [5, 5.41) is 5.77. The third-order valence-corrected chi connectivity index (χ3v) is 5.90. The number of fused-ring (bicyclic) bond motifs is 1. The van der Waals surface area contributed by atoms with Gasteiger partial charge in [-0.2, -0.15) is 5.10 Å². The number of amides is 2. The molecule has 0 saturated carbocycles. The van der Waals surface area contributed by atoms with Gasteiger partial charge in [0, 0.05) is 32.6 Å². The summed E-state index contributed by atoms with van der Waals surface area (Å²) in [7, 11) is 1.61. The van der Waals surface area contributed by atoms with Crippen LogP contribution in [0, 0.1) is 17.0 Å². The van der Waals surface area contributed by atoms with E-state index in [0.717, 1.165) is 23.4 Å². The van der Waals surface area contributed by atoms with Crippen molar-refractivity contribution in [3.05, 3.63) is 65.7 Å². The Balaban J connectivity index is 1.48. The molecule has 1 saturated heterocycles. The van der Waals surface area contributed by atoms with Gasteiger partial charge in [0.1, 0.15) is 23.9 Å². The molecular weight excluding hydrogens is 418 g/mol. The van der Waals surface area contributed by atoms with E-state index in [2.05, 4.69) is 5.10 Å². The number of piperidine rings is 1. The second-order valence-electron chi connectivity index (χ2n) is 8.12. The van der Waals surface area contributed by atoms with Gasteiger partial charge in [-0.3, -0.25) is 9.59 Å². The van der Waals surface area contributed by atoms with Gasteiger partial charge in [-0.05, 0) is 24.1 Å². The smallest absolute Gasteiger partial charge is 0.256 e. The maximum Gasteiger partial charge on any atom is 0.256 e. The zero-order valence-corrected chi connectivity index (χ0v) is 17.6. The predicted octanol–water partition coefficient (Wildman–Crippen LogP) is 1.96. The van der Waals surface area contributed by atoms with Crippen molar-refractivity contribution < 1.29 is 23.1 Å². The molecule has 32 heavy (non-hydrogen) atoms. The maximum absolute atomic E-state index is 13.8. The molecule has 1 unspecified atom stereocenters. The van der Waals surface area contributed by atoms with Gasteiger partial charge in [-0.1, -0.05) is 30.3 Å². The zero-order valence-electron chi connectivity index (χ0n) is 17.6. The first kappa shape index (κ1) is 21.9. The van der Waals surface area contributed by atoms with E-state index in [1.54, 1.807) is 11.9 Å². The van der Waals surface area contributed by atoms with Gasteiger partial charge in [0.2, 0.25) is 5.91 Å². The Bertz CT molecular complexity index is 1060. The predicted molar refractivity (Wildman–Crippen MR) is 114 cm³/mol. The van der Waals surface area contributed by atoms with E-state index in [1.807, 2.05) is 30.3 Å². The molecule has 2 aromatic carbocycles. The average Bonchev–Trinajstić information content (AvgIpc) is 3.02. The number of carbonyl (C=O) groups excluding carboxylic acids is 2. The summed E-state index contributed by atoms with van der Waals surface area (Å²) < 4.78 is 32.1. The van der Waals surface area contributed by atoms with Crippen LogP contribution in [-0.4, -0.2) is 60.2 Å². The summed E-state index contributed by atoms with van der Waals surface area (Å²) in [5.41, 5.74) is 6.83. The van der Waals surface area contributed by atoms with E-state index >= 15 is 0 Å². The minimum atomic E-state index is -1.07. The normalized spacial score (nSPS) is 21.2. The summed E-state index contributed by atoms with van der Waals surface area (Å²) in [6.07, 6.45) is 0.876. The highest BCUT2D eigenvalue weighted by molar-refractivity contribution is 6.13. The Kier molecular flexibility index (Phi) is 5.92. The van der Waals surface area contributed by atoms with Gasteiger partial charge in [0.15, 0.2) is 11.6 Å². The molecule has 0 bridgehead atoms. The summed E-state index contributed by atoms with van der Waals surface area (Å²) in [5.74, 6) is -2.34. The van der Waals surface area contributed by atoms with Crippen molar-refractivity contribution in [1.82, 2.24) is 9.91 Å². The van der Waals surface area contributed by atoms with Crippen molar-refractivity contribution in [1.29, 1.82) is 0 Å². The Morgan fingerprint density at radius 1 is 1.25 bits per heavy atom. The number of ether oxygens (including phenoxy) is 1. The number of halogens is 2. The minimum Gasteiger partial charge on any atom is -0.488 e. The number of likely N-dealkylation sites (tertiary alicyclic amines) is 1. The number of hydrogen-bond acceptors (Lipinski definition) is 5. The molecule has 7 nitrogen and oxygen atoms in total. The molecule has 0 aliphatic carbocycles. The van der Waals surface area contributed by atoms with Gasteiger partial charge in [-0.25, -0.2) is 13.8 Å². The van der Waals surface area contributed by atoms with Gasteiger partial charge < -0.3 is 15.4 Å². The van der Waals surface area contributed by atoms with Crippen LogP contribution in [0.25, 0.3) is 0 Å². The van der Waals surface area contributed by atoms with Gasteiger partial charge in [0.25, 0.3) is 5.91 Å². The summed E-state index contributed by atoms with van der Waals surface area (Å²) in [6.45, 7) is 0.244. The number of hydrogen-bond donors (Lipinski definition) is 1. The first-order valence-electron chi connectivity index (χ1n) is 10.3. The fourth-order valence-corrected chi connectivity index (χ4v) is 4.29. The summed E-state index contributed by atoms with van der Waals surface area (Å²) in [6, 6.07) is 11.4. The third-order valence-electron chi connectivity index (χ3n) is 5.90. The molecule has 2 aliphatic heterocycles. The quantitative estimate of drug-likeness (QED) is 0.741. The van der Waals surface area contributed by atoms with Crippen LogP contribution in [0.3, 0.4) is 0 Å². The van der Waals surface area contributed by atoms with Gasteiger partial charge >= 0.3 is 0 Å². The Hall–Kier alpha value is -3.33. The van der Waals surface area contributed by atoms with Crippen molar-refractivity contribution in [2.75, 3.05) is 26.7 Å². The van der Waals surface area contributed by atoms with Crippen molar-refractivity contribution >= 4 is 17.5 Å². The van der Waals surface area contributed by atoms with Crippen LogP contribution < -0.4 is 10.5 Å². The molecule has 2 aromatic rings. The SMILES string of the molecule is CN1N=C2CCN(C(=O)C(N)COc3ccc(F)cc3F)C[C@@]2(Cc2ccccc2)C1=O. The number of rotatable bonds is 6. The van der Waals surface area contributed by atoms with Crippen molar-refractivity contribution in [3.63, 3.8) is 0 Å². The van der Waals surface area contributed by atoms with Crippen LogP contribution >= 0.6 is 0 Å². The van der Waals surface area contributed by atoms with E-state index in [4.69, 9.17) is 10.5 Å². The van der Waals surface area contributed by atoms with E-state index in [9.17, 15) is 18.4 Å². The van der Waals surface area contributed by atoms with Crippen LogP contribution in [-0.2, 0) is 16.0 Å². The first-order valence-corrected chi connectivity index (χ1v) is 10.3. The van der Waals surface area contributed by atoms with Crippen LogP contribution in [0.15, 0.2) is 53.6 Å². The van der Waals surface area contributed by atoms with E-state index in [0.29, 0.717) is 25.5 Å². The van der Waals surface area contributed by atoms with Gasteiger partial charge in [-0.15, -0.1) is 0 Å². The fourth-order valence-electron chi connectivity index (χ4n) is 4.29. The number of nitrogens with two attached hydrogens (primary N) is 1. The van der Waals surface area contributed by atoms with Crippen LogP contribution in [0.4, 0.5) is 8.78 Å². The second kappa shape index (κ2) is 8.66. The standard InChI is InChI=1S/C23H24F2N4O3/c1-28-22(31)23(12-15-5-3-2-4-6-15)14-29(10-9-20(23)27-28)21(30)18(26)13-32-19-8-7-16(24)11-17(19)25/h2-8,11,18H,9-10,12-14,26H2,1H3/t18?,23-/m1/s1. The lowest BCUT2D eigenvalue weighted by atomic mass is 9.73. The lowest BCUT2D eigenvalue weighted by molar-refractivity contribution is -0.140. The van der Waals surface area contributed by atoms with Crippen molar-refractivity contribution in [3.8, 4) is 5.75 Å². The molecule has 4 rings (SSSR count). The molecule has 9 heteroatoms. The Labute approximate surface area is 184 Å². The Morgan fingerprint density at radius 2 is 2.00 bits per heavy atom. The highest BCUT2D eigenvalue weighted by atomic mass is 19.1. The summed E-state index contributed by atoms with van der Waals surface area (Å²) >= 11 is 0. The lowest BCUT2D eigenvalue weighted by Gasteiger charge is -2.40. The Morgan fingerprint density at radius 3 is 2.72 bits per heavy atom. The molecule has 0 radical (unpaired) electrons. The number of nitrogens with zero attached hydrogens (tertiary/aromatic N) is 3. The van der Waals surface area contributed by atoms with E-state index in [-0.39, 0.29) is 24.8 Å². The molecule has 0 aromatic heterocycles. The second-order valence-corrected chi connectivity index (χ2v) is 8.12. The molecule has 0 spiro atoms. The largest absolute Gasteiger partial charge is 0.488 e. The fraction of sp³-hybridized carbons (Fsp3) is 0.348. The number of benzene rings is 2. The molecular formula is C23H24F2N4O3. The summed E-state index contributed by atoms with van der Waals surface area (Å²) in [4.78, 5) is 27.7. The maximum atomic E-state index is 13.8. The minimum absolute atomic E-state index is 0.154. The van der Waals surface area contributed by atoms with Gasteiger partial charge in [0.05, 0.1) is 5.71 Å². The topological polar surface area (TPSA) is 88.2 Å². The average molecular weight is 442 g/mol. The molecule has 168 valence electrons. The molecule has 2 heterocycles. The molecule has 2 atom stereocenters. The molecule has 2 N–H and O–H groups in total. The van der Waals surface area contributed by atoms with Crippen LogP contribution in [0.2, 0.25) is 0 Å². The van der Waals surface area contributed by atoms with E-state index < -0.39 is 29.0 Å². The first-order chi connectivity index (χ1) is 15.3. The molecule has 1 fully saturated rings. The highest BCUT2D eigenvalue weighted by Gasteiger charge is 2.53. The zero-order chi connectivity index (χ0) is 22.9. The lowest BCUT2D eigenvalue weighted by Crippen LogP contribution is -2.58. The third kappa shape index (κ3) is 4.08.